The Morgan fingerprint density at radius 2 is 2.26 bits per heavy atom. The molecule has 3 rings (SSSR count). The van der Waals surface area contributed by atoms with Crippen LogP contribution in [0.3, 0.4) is 0 Å². The van der Waals surface area contributed by atoms with E-state index in [9.17, 15) is 0 Å². The van der Waals surface area contributed by atoms with E-state index in [2.05, 4.69) is 15.5 Å². The highest BCUT2D eigenvalue weighted by Crippen LogP contribution is 2.24. The van der Waals surface area contributed by atoms with E-state index in [1.807, 2.05) is 12.1 Å². The van der Waals surface area contributed by atoms with Gasteiger partial charge in [-0.2, -0.15) is 4.98 Å². The normalized spacial score (nSPS) is 18.9. The third kappa shape index (κ3) is 2.91. The summed E-state index contributed by atoms with van der Waals surface area (Å²) in [5.74, 6) is 1.31. The maximum absolute atomic E-state index is 6.13. The molecule has 1 fully saturated rings. The lowest BCUT2D eigenvalue weighted by Gasteiger charge is -2.02. The SMILES string of the molecule is Clc1ccc(Cc2noc(C3CCCN3)n2)c(Cl)c1. The van der Waals surface area contributed by atoms with Gasteiger partial charge in [-0.3, -0.25) is 0 Å². The lowest BCUT2D eigenvalue weighted by atomic mass is 10.1. The lowest BCUT2D eigenvalue weighted by Crippen LogP contribution is -2.13. The molecule has 1 aliphatic rings. The van der Waals surface area contributed by atoms with Gasteiger partial charge in [-0.1, -0.05) is 34.4 Å². The molecule has 1 atom stereocenters. The monoisotopic (exact) mass is 297 g/mol. The highest BCUT2D eigenvalue weighted by atomic mass is 35.5. The van der Waals surface area contributed by atoms with Crippen molar-refractivity contribution in [2.75, 3.05) is 6.54 Å². The molecule has 1 N–H and O–H groups in total. The van der Waals surface area contributed by atoms with Crippen molar-refractivity contribution in [3.8, 4) is 0 Å². The van der Waals surface area contributed by atoms with Crippen LogP contribution in [0, 0.1) is 0 Å². The second kappa shape index (κ2) is 5.49. The molecule has 0 radical (unpaired) electrons. The summed E-state index contributed by atoms with van der Waals surface area (Å²) in [6.07, 6.45) is 2.74. The van der Waals surface area contributed by atoms with Crippen molar-refractivity contribution < 1.29 is 4.52 Å². The Morgan fingerprint density at radius 1 is 1.37 bits per heavy atom. The third-order valence-corrected chi connectivity index (χ3v) is 3.79. The maximum Gasteiger partial charge on any atom is 0.243 e. The lowest BCUT2D eigenvalue weighted by molar-refractivity contribution is 0.341. The van der Waals surface area contributed by atoms with E-state index < -0.39 is 0 Å². The molecule has 1 saturated heterocycles. The molecule has 2 heterocycles. The minimum absolute atomic E-state index is 0.196. The molecule has 2 aromatic rings. The van der Waals surface area contributed by atoms with E-state index in [1.54, 1.807) is 6.07 Å². The number of benzene rings is 1. The summed E-state index contributed by atoms with van der Waals surface area (Å²) in [5.41, 5.74) is 0.942. The number of aromatic nitrogens is 2. The average Bonchev–Trinajstić information content (AvgIpc) is 3.03. The van der Waals surface area contributed by atoms with Gasteiger partial charge in [0.05, 0.1) is 6.04 Å². The van der Waals surface area contributed by atoms with E-state index >= 15 is 0 Å². The molecular formula is C13H13Cl2N3O. The Bertz CT molecular complexity index is 579. The van der Waals surface area contributed by atoms with Gasteiger partial charge in [0.1, 0.15) is 0 Å². The number of halogens is 2. The van der Waals surface area contributed by atoms with Crippen molar-refractivity contribution in [2.24, 2.45) is 0 Å². The van der Waals surface area contributed by atoms with Gasteiger partial charge < -0.3 is 9.84 Å². The molecular weight excluding hydrogens is 285 g/mol. The first-order valence-corrected chi connectivity index (χ1v) is 6.98. The molecule has 1 aliphatic heterocycles. The van der Waals surface area contributed by atoms with Gasteiger partial charge in [0.2, 0.25) is 5.89 Å². The Balaban J connectivity index is 1.76. The second-order valence-electron chi connectivity index (χ2n) is 4.61. The van der Waals surface area contributed by atoms with Crippen molar-refractivity contribution in [1.29, 1.82) is 0 Å². The maximum atomic E-state index is 6.13. The van der Waals surface area contributed by atoms with Gasteiger partial charge in [0, 0.05) is 16.5 Å². The molecule has 6 heteroatoms. The van der Waals surface area contributed by atoms with Crippen LogP contribution in [0.4, 0.5) is 0 Å². The topological polar surface area (TPSA) is 51.0 Å². The standard InChI is InChI=1S/C13H13Cl2N3O/c14-9-4-3-8(10(15)7-9)6-12-17-13(19-18-12)11-2-1-5-16-11/h3-4,7,11,16H,1-2,5-6H2. The smallest absolute Gasteiger partial charge is 0.243 e. The molecule has 19 heavy (non-hydrogen) atoms. The molecule has 1 aromatic heterocycles. The summed E-state index contributed by atoms with van der Waals surface area (Å²) in [6.45, 7) is 1.01. The zero-order valence-electron chi connectivity index (χ0n) is 10.2. The first kappa shape index (κ1) is 12.9. The van der Waals surface area contributed by atoms with Crippen LogP contribution in [-0.4, -0.2) is 16.7 Å². The van der Waals surface area contributed by atoms with Crippen LogP contribution >= 0.6 is 23.2 Å². The van der Waals surface area contributed by atoms with Crippen LogP contribution in [0.2, 0.25) is 10.0 Å². The van der Waals surface area contributed by atoms with Gasteiger partial charge >= 0.3 is 0 Å². The molecule has 0 amide bonds. The van der Waals surface area contributed by atoms with E-state index in [0.717, 1.165) is 24.9 Å². The van der Waals surface area contributed by atoms with Crippen LogP contribution in [-0.2, 0) is 6.42 Å². The number of nitrogens with one attached hydrogen (secondary N) is 1. The Labute approximate surface area is 121 Å². The van der Waals surface area contributed by atoms with Crippen LogP contribution in [0.5, 0.6) is 0 Å². The predicted molar refractivity (Wildman–Crippen MR) is 73.5 cm³/mol. The van der Waals surface area contributed by atoms with Crippen LogP contribution in [0.1, 0.15) is 36.2 Å². The first-order chi connectivity index (χ1) is 9.22. The number of hydrogen-bond acceptors (Lipinski definition) is 4. The summed E-state index contributed by atoms with van der Waals surface area (Å²) >= 11 is 12.0. The fourth-order valence-electron chi connectivity index (χ4n) is 2.21. The quantitative estimate of drug-likeness (QED) is 0.943. The first-order valence-electron chi connectivity index (χ1n) is 6.22. The van der Waals surface area contributed by atoms with Gasteiger partial charge in [0.25, 0.3) is 0 Å². The van der Waals surface area contributed by atoms with Crippen molar-refractivity contribution >= 4 is 23.2 Å². The zero-order chi connectivity index (χ0) is 13.2. The van der Waals surface area contributed by atoms with Crippen molar-refractivity contribution in [3.05, 3.63) is 45.5 Å². The molecule has 1 aromatic carbocycles. The van der Waals surface area contributed by atoms with Crippen molar-refractivity contribution in [2.45, 2.75) is 25.3 Å². The molecule has 0 saturated carbocycles. The van der Waals surface area contributed by atoms with E-state index in [1.165, 1.54) is 0 Å². The molecule has 100 valence electrons. The minimum atomic E-state index is 0.196. The Kier molecular flexibility index (Phi) is 3.73. The van der Waals surface area contributed by atoms with Crippen molar-refractivity contribution in [3.63, 3.8) is 0 Å². The fourth-order valence-corrected chi connectivity index (χ4v) is 2.69. The Hall–Kier alpha value is -1.10. The molecule has 1 unspecified atom stereocenters. The van der Waals surface area contributed by atoms with E-state index in [0.29, 0.717) is 28.2 Å². The van der Waals surface area contributed by atoms with Gasteiger partial charge in [-0.25, -0.2) is 0 Å². The highest BCUT2D eigenvalue weighted by Gasteiger charge is 2.22. The van der Waals surface area contributed by atoms with E-state index in [-0.39, 0.29) is 6.04 Å². The molecule has 0 aliphatic carbocycles. The summed E-state index contributed by atoms with van der Waals surface area (Å²) in [4.78, 5) is 4.42. The van der Waals surface area contributed by atoms with Crippen LogP contribution in [0.15, 0.2) is 22.7 Å². The van der Waals surface area contributed by atoms with Crippen LogP contribution in [0.25, 0.3) is 0 Å². The summed E-state index contributed by atoms with van der Waals surface area (Å²) in [6, 6.07) is 5.61. The number of hydrogen-bond donors (Lipinski definition) is 1. The van der Waals surface area contributed by atoms with E-state index in [4.69, 9.17) is 27.7 Å². The third-order valence-electron chi connectivity index (χ3n) is 3.21. The second-order valence-corrected chi connectivity index (χ2v) is 5.45. The average molecular weight is 298 g/mol. The Morgan fingerprint density at radius 3 is 3.00 bits per heavy atom. The summed E-state index contributed by atoms with van der Waals surface area (Å²) in [5, 5.41) is 8.58. The zero-order valence-corrected chi connectivity index (χ0v) is 11.7. The van der Waals surface area contributed by atoms with Gasteiger partial charge in [-0.05, 0) is 37.1 Å². The van der Waals surface area contributed by atoms with Crippen molar-refractivity contribution in [1.82, 2.24) is 15.5 Å². The van der Waals surface area contributed by atoms with Gasteiger partial charge in [-0.15, -0.1) is 0 Å². The highest BCUT2D eigenvalue weighted by molar-refractivity contribution is 6.35. The summed E-state index contributed by atoms with van der Waals surface area (Å²) in [7, 11) is 0. The number of rotatable bonds is 3. The van der Waals surface area contributed by atoms with Gasteiger partial charge in [0.15, 0.2) is 5.82 Å². The molecule has 0 bridgehead atoms. The molecule has 4 nitrogen and oxygen atoms in total. The predicted octanol–water partition coefficient (Wildman–Crippen LogP) is 3.39. The van der Waals surface area contributed by atoms with Crippen LogP contribution < -0.4 is 5.32 Å². The molecule has 0 spiro atoms. The number of nitrogens with zero attached hydrogens (tertiary/aromatic N) is 2. The fraction of sp³-hybridized carbons (Fsp3) is 0.385. The largest absolute Gasteiger partial charge is 0.338 e. The summed E-state index contributed by atoms with van der Waals surface area (Å²) < 4.78 is 5.29. The minimum Gasteiger partial charge on any atom is -0.338 e.